The number of benzene rings is 1. The van der Waals surface area contributed by atoms with Crippen LogP contribution >= 0.6 is 0 Å². The predicted molar refractivity (Wildman–Crippen MR) is 73.9 cm³/mol. The van der Waals surface area contributed by atoms with Crippen LogP contribution in [0.25, 0.3) is 0 Å². The minimum Gasteiger partial charge on any atom is -0.391 e. The van der Waals surface area contributed by atoms with Crippen LogP contribution in [0.2, 0.25) is 0 Å². The van der Waals surface area contributed by atoms with Crippen molar-refractivity contribution in [3.8, 4) is 0 Å². The van der Waals surface area contributed by atoms with Crippen LogP contribution in [0, 0.1) is 0 Å². The molecule has 1 aromatic rings. The first-order valence-corrected chi connectivity index (χ1v) is 6.36. The van der Waals surface area contributed by atoms with Crippen molar-refractivity contribution in [3.05, 3.63) is 30.3 Å². The molecule has 0 saturated carbocycles. The Bertz CT molecular complexity index is 442. The molecule has 0 aliphatic heterocycles. The van der Waals surface area contributed by atoms with Gasteiger partial charge in [-0.1, -0.05) is 18.2 Å². The SMILES string of the molecule is C[C@@H](O)[C@@H](O)[C@H](O)[C@H](O)[C@H](O)C(=O)NNc1ccccc1. The molecule has 0 aromatic heterocycles. The molecule has 21 heavy (non-hydrogen) atoms. The fourth-order valence-corrected chi connectivity index (χ4v) is 1.56. The number of carbonyl (C=O) groups is 1. The highest BCUT2D eigenvalue weighted by molar-refractivity contribution is 5.82. The Balaban J connectivity index is 2.53. The van der Waals surface area contributed by atoms with Gasteiger partial charge in [-0.05, 0) is 19.1 Å². The number of hydrogen-bond acceptors (Lipinski definition) is 7. The van der Waals surface area contributed by atoms with Gasteiger partial charge in [0.15, 0.2) is 6.10 Å². The molecular formula is C13H20N2O6. The van der Waals surface area contributed by atoms with Gasteiger partial charge in [-0.3, -0.25) is 15.6 Å². The molecule has 0 heterocycles. The molecule has 0 bridgehead atoms. The summed E-state index contributed by atoms with van der Waals surface area (Å²) < 4.78 is 0. The number of hydrazine groups is 1. The van der Waals surface area contributed by atoms with Crippen molar-refractivity contribution < 1.29 is 30.3 Å². The van der Waals surface area contributed by atoms with Crippen LogP contribution in [0.15, 0.2) is 30.3 Å². The van der Waals surface area contributed by atoms with Crippen LogP contribution in [0.1, 0.15) is 6.92 Å². The second kappa shape index (κ2) is 7.91. The van der Waals surface area contributed by atoms with Crippen molar-refractivity contribution in [2.24, 2.45) is 0 Å². The summed E-state index contributed by atoms with van der Waals surface area (Å²) in [5.41, 5.74) is 5.21. The molecule has 0 saturated heterocycles. The maximum absolute atomic E-state index is 11.6. The lowest BCUT2D eigenvalue weighted by molar-refractivity contribution is -0.153. The normalized spacial score (nSPS) is 18.2. The molecule has 0 spiro atoms. The number of nitrogens with one attached hydrogen (secondary N) is 2. The molecular weight excluding hydrogens is 280 g/mol. The molecule has 7 N–H and O–H groups in total. The molecule has 0 aliphatic rings. The number of aliphatic hydroxyl groups is 5. The third-order valence-electron chi connectivity index (χ3n) is 2.89. The van der Waals surface area contributed by atoms with Crippen molar-refractivity contribution in [3.63, 3.8) is 0 Å². The number of amides is 1. The van der Waals surface area contributed by atoms with Gasteiger partial charge in [-0.15, -0.1) is 0 Å². The molecule has 1 amide bonds. The van der Waals surface area contributed by atoms with Crippen molar-refractivity contribution in [2.75, 3.05) is 5.43 Å². The lowest BCUT2D eigenvalue weighted by Gasteiger charge is -2.27. The van der Waals surface area contributed by atoms with Crippen molar-refractivity contribution in [1.82, 2.24) is 5.43 Å². The highest BCUT2D eigenvalue weighted by Gasteiger charge is 2.36. The summed E-state index contributed by atoms with van der Waals surface area (Å²) in [5.74, 6) is -0.997. The monoisotopic (exact) mass is 300 g/mol. The highest BCUT2D eigenvalue weighted by atomic mass is 16.4. The number of rotatable bonds is 7. The minimum atomic E-state index is -1.98. The number of hydrogen-bond donors (Lipinski definition) is 7. The maximum Gasteiger partial charge on any atom is 0.269 e. The predicted octanol–water partition coefficient (Wildman–Crippen LogP) is -2.05. The van der Waals surface area contributed by atoms with Gasteiger partial charge in [0.2, 0.25) is 0 Å². The largest absolute Gasteiger partial charge is 0.391 e. The van der Waals surface area contributed by atoms with Crippen molar-refractivity contribution in [2.45, 2.75) is 37.4 Å². The molecule has 0 unspecified atom stereocenters. The first kappa shape index (κ1) is 17.3. The molecule has 8 heteroatoms. The smallest absolute Gasteiger partial charge is 0.269 e. The summed E-state index contributed by atoms with van der Waals surface area (Å²) in [7, 11) is 0. The summed E-state index contributed by atoms with van der Waals surface area (Å²) in [6.07, 6.45) is -8.82. The molecule has 1 rings (SSSR count). The van der Waals surface area contributed by atoms with Gasteiger partial charge in [0.05, 0.1) is 11.8 Å². The molecule has 5 atom stereocenters. The average Bonchev–Trinajstić information content (AvgIpc) is 2.50. The maximum atomic E-state index is 11.6. The van der Waals surface area contributed by atoms with E-state index in [9.17, 15) is 25.2 Å². The minimum absolute atomic E-state index is 0.553. The quantitative estimate of drug-likeness (QED) is 0.287. The number of para-hydroxylation sites is 1. The lowest BCUT2D eigenvalue weighted by Crippen LogP contribution is -2.53. The first-order valence-electron chi connectivity index (χ1n) is 6.36. The Morgan fingerprint density at radius 3 is 2.05 bits per heavy atom. The van der Waals surface area contributed by atoms with Crippen molar-refractivity contribution >= 4 is 11.6 Å². The zero-order valence-corrected chi connectivity index (χ0v) is 11.4. The Morgan fingerprint density at radius 1 is 0.952 bits per heavy atom. The van der Waals surface area contributed by atoms with E-state index in [0.29, 0.717) is 5.69 Å². The topological polar surface area (TPSA) is 142 Å². The summed E-state index contributed by atoms with van der Waals surface area (Å²) in [4.78, 5) is 11.6. The van der Waals surface area contributed by atoms with E-state index in [2.05, 4.69) is 10.9 Å². The molecule has 0 radical (unpaired) electrons. The Labute approximate surface area is 121 Å². The zero-order chi connectivity index (χ0) is 16.0. The second-order valence-corrected chi connectivity index (χ2v) is 4.64. The standard InChI is InChI=1S/C13H20N2O6/c1-7(16)9(17)10(18)11(19)12(20)13(21)15-14-8-5-3-2-4-6-8/h2-7,9-12,14,16-20H,1H3,(H,15,21)/t7-,9-,10+,11+,12+/m1/s1. The van der Waals surface area contributed by atoms with E-state index in [1.165, 1.54) is 6.92 Å². The summed E-state index contributed by atoms with van der Waals surface area (Å²) in [6.45, 7) is 1.20. The third kappa shape index (κ3) is 4.96. The average molecular weight is 300 g/mol. The third-order valence-corrected chi connectivity index (χ3v) is 2.89. The Morgan fingerprint density at radius 2 is 1.52 bits per heavy atom. The van der Waals surface area contributed by atoms with Crippen LogP contribution in [-0.2, 0) is 4.79 Å². The van der Waals surface area contributed by atoms with E-state index >= 15 is 0 Å². The molecule has 0 aliphatic carbocycles. The van der Waals surface area contributed by atoms with E-state index in [4.69, 9.17) is 5.11 Å². The first-order chi connectivity index (χ1) is 9.84. The second-order valence-electron chi connectivity index (χ2n) is 4.64. The summed E-state index contributed by atoms with van der Waals surface area (Å²) in [5, 5.41) is 47.2. The number of anilines is 1. The highest BCUT2D eigenvalue weighted by Crippen LogP contribution is 2.09. The molecule has 8 nitrogen and oxygen atoms in total. The number of aliphatic hydroxyl groups excluding tert-OH is 5. The Hall–Kier alpha value is -1.71. The Kier molecular flexibility index (Phi) is 6.53. The van der Waals surface area contributed by atoms with Gasteiger partial charge in [0.1, 0.15) is 18.3 Å². The van der Waals surface area contributed by atoms with Gasteiger partial charge in [0, 0.05) is 0 Å². The van der Waals surface area contributed by atoms with Crippen molar-refractivity contribution in [1.29, 1.82) is 0 Å². The van der Waals surface area contributed by atoms with Gasteiger partial charge < -0.3 is 25.5 Å². The van der Waals surface area contributed by atoms with E-state index in [-0.39, 0.29) is 0 Å². The fourth-order valence-electron chi connectivity index (χ4n) is 1.56. The van der Waals surface area contributed by atoms with E-state index in [0.717, 1.165) is 0 Å². The van der Waals surface area contributed by atoms with Crippen LogP contribution in [0.3, 0.4) is 0 Å². The van der Waals surface area contributed by atoms with Crippen LogP contribution in [0.5, 0.6) is 0 Å². The van der Waals surface area contributed by atoms with Crippen LogP contribution in [0.4, 0.5) is 5.69 Å². The van der Waals surface area contributed by atoms with Gasteiger partial charge in [-0.2, -0.15) is 0 Å². The van der Waals surface area contributed by atoms with Gasteiger partial charge >= 0.3 is 0 Å². The molecule has 1 aromatic carbocycles. The fraction of sp³-hybridized carbons (Fsp3) is 0.462. The number of carbonyl (C=O) groups excluding carboxylic acids is 1. The van der Waals surface area contributed by atoms with Crippen LogP contribution < -0.4 is 10.9 Å². The zero-order valence-electron chi connectivity index (χ0n) is 11.4. The lowest BCUT2D eigenvalue weighted by atomic mass is 9.99. The van der Waals surface area contributed by atoms with E-state index in [1.807, 2.05) is 0 Å². The molecule has 118 valence electrons. The summed E-state index contributed by atoms with van der Waals surface area (Å²) >= 11 is 0. The molecule has 0 fully saturated rings. The van der Waals surface area contributed by atoms with Gasteiger partial charge in [-0.25, -0.2) is 0 Å². The van der Waals surface area contributed by atoms with E-state index < -0.39 is 36.4 Å². The van der Waals surface area contributed by atoms with Crippen LogP contribution in [-0.4, -0.2) is 62.0 Å². The van der Waals surface area contributed by atoms with Gasteiger partial charge in [0.25, 0.3) is 5.91 Å². The summed E-state index contributed by atoms with van der Waals surface area (Å²) in [6, 6.07) is 8.55. The van der Waals surface area contributed by atoms with E-state index in [1.54, 1.807) is 30.3 Å².